The molecule has 2 aromatic carbocycles. The third-order valence-electron chi connectivity index (χ3n) is 6.45. The summed E-state index contributed by atoms with van der Waals surface area (Å²) >= 11 is 0. The first kappa shape index (κ1) is 26.4. The summed E-state index contributed by atoms with van der Waals surface area (Å²) < 4.78 is 42.8. The molecule has 0 atom stereocenters. The summed E-state index contributed by atoms with van der Waals surface area (Å²) in [5.74, 6) is -0.340. The van der Waals surface area contributed by atoms with Gasteiger partial charge in [-0.3, -0.25) is 14.5 Å². The van der Waals surface area contributed by atoms with E-state index in [-0.39, 0.29) is 42.3 Å². The largest absolute Gasteiger partial charge is 0.416 e. The number of rotatable bonds is 7. The number of anilines is 2. The molecule has 0 bridgehead atoms. The first-order valence-corrected chi connectivity index (χ1v) is 12.0. The molecule has 13 heteroatoms. The Morgan fingerprint density at radius 2 is 1.95 bits per heavy atom. The topological polar surface area (TPSA) is 143 Å². The number of aromatic nitrogens is 4. The van der Waals surface area contributed by atoms with Gasteiger partial charge >= 0.3 is 6.18 Å². The summed E-state index contributed by atoms with van der Waals surface area (Å²) in [4.78, 5) is 30.2. The predicted octanol–water partition coefficient (Wildman–Crippen LogP) is 3.88. The first-order valence-electron chi connectivity index (χ1n) is 12.0. The van der Waals surface area contributed by atoms with Gasteiger partial charge < -0.3 is 15.6 Å². The van der Waals surface area contributed by atoms with E-state index in [1.54, 1.807) is 41.9 Å². The number of hydrogen-bond acceptors (Lipinski definition) is 7. The molecule has 202 valence electrons. The van der Waals surface area contributed by atoms with Crippen LogP contribution >= 0.6 is 0 Å². The Morgan fingerprint density at radius 3 is 2.62 bits per heavy atom. The van der Waals surface area contributed by atoms with Crippen LogP contribution in [0, 0.1) is 11.3 Å². The van der Waals surface area contributed by atoms with E-state index >= 15 is 0 Å². The van der Waals surface area contributed by atoms with Crippen molar-refractivity contribution in [2.24, 2.45) is 12.8 Å². The molecule has 10 nitrogen and oxygen atoms in total. The molecule has 0 unspecified atom stereocenters. The third kappa shape index (κ3) is 4.94. The molecular formula is C27H21F3N8O2. The fraction of sp³-hybridized carbons (Fsp3) is 0.185. The Labute approximate surface area is 225 Å². The number of pyridine rings is 1. The number of nitrogens with two attached hydrogens (primary N) is 1. The molecule has 2 aromatic heterocycles. The summed E-state index contributed by atoms with van der Waals surface area (Å²) in [6.07, 6.45) is -3.12. The SMILES string of the molecule is Cn1cnnc1-c1ccc(C#N)cc1-c1cc(NCCC(N)=O)nc(N2Cc3c(cccc3C(F)(F)F)C2=O)c1. The van der Waals surface area contributed by atoms with E-state index in [1.165, 1.54) is 23.4 Å². The highest BCUT2D eigenvalue weighted by molar-refractivity contribution is 6.10. The lowest BCUT2D eigenvalue weighted by atomic mass is 9.97. The number of carbonyl (C=O) groups excluding carboxylic acids is 2. The number of halogens is 3. The quantitative estimate of drug-likeness (QED) is 0.358. The highest BCUT2D eigenvalue weighted by Gasteiger charge is 2.40. The Bertz CT molecular complexity index is 1690. The van der Waals surface area contributed by atoms with Gasteiger partial charge in [0.25, 0.3) is 5.91 Å². The molecule has 0 saturated carbocycles. The van der Waals surface area contributed by atoms with Gasteiger partial charge in [-0.1, -0.05) is 6.07 Å². The van der Waals surface area contributed by atoms with E-state index in [1.807, 2.05) is 0 Å². The molecule has 0 radical (unpaired) electrons. The number of nitrogens with zero attached hydrogens (tertiary/aromatic N) is 6. The maximum atomic E-state index is 13.7. The third-order valence-corrected chi connectivity index (χ3v) is 6.45. The summed E-state index contributed by atoms with van der Waals surface area (Å²) in [5.41, 5.74) is 6.19. The van der Waals surface area contributed by atoms with Crippen LogP contribution in [0.1, 0.15) is 33.5 Å². The zero-order valence-corrected chi connectivity index (χ0v) is 21.0. The maximum Gasteiger partial charge on any atom is 0.416 e. The number of fused-ring (bicyclic) bond motifs is 1. The smallest absolute Gasteiger partial charge is 0.370 e. The molecule has 4 aromatic rings. The Hall–Kier alpha value is -5.25. The predicted molar refractivity (Wildman–Crippen MR) is 139 cm³/mol. The van der Waals surface area contributed by atoms with Gasteiger partial charge in [0.05, 0.1) is 23.7 Å². The second kappa shape index (κ2) is 10.1. The maximum absolute atomic E-state index is 13.7. The van der Waals surface area contributed by atoms with E-state index in [9.17, 15) is 28.0 Å². The van der Waals surface area contributed by atoms with Crippen LogP contribution in [0.15, 0.2) is 54.9 Å². The van der Waals surface area contributed by atoms with Crippen LogP contribution < -0.4 is 16.0 Å². The van der Waals surface area contributed by atoms with Gasteiger partial charge in [0, 0.05) is 31.1 Å². The number of nitrogens with one attached hydrogen (secondary N) is 1. The lowest BCUT2D eigenvalue weighted by molar-refractivity contribution is -0.138. The number of carbonyl (C=O) groups is 2. The highest BCUT2D eigenvalue weighted by Crippen LogP contribution is 2.40. The number of primary amides is 1. The fourth-order valence-corrected chi connectivity index (χ4v) is 4.57. The normalized spacial score (nSPS) is 12.8. The molecule has 3 N–H and O–H groups in total. The van der Waals surface area contributed by atoms with Crippen molar-refractivity contribution in [3.05, 3.63) is 77.1 Å². The molecule has 0 saturated heterocycles. The second-order valence-electron chi connectivity index (χ2n) is 9.10. The average Bonchev–Trinajstić information content (AvgIpc) is 3.50. The molecule has 0 aliphatic carbocycles. The van der Waals surface area contributed by atoms with Crippen LogP contribution in [0.3, 0.4) is 0 Å². The summed E-state index contributed by atoms with van der Waals surface area (Å²) in [7, 11) is 1.75. The van der Waals surface area contributed by atoms with Crippen LogP contribution in [-0.2, 0) is 24.6 Å². The minimum Gasteiger partial charge on any atom is -0.370 e. The fourth-order valence-electron chi connectivity index (χ4n) is 4.57. The number of amides is 2. The van der Waals surface area contributed by atoms with E-state index in [0.29, 0.717) is 28.1 Å². The second-order valence-corrected chi connectivity index (χ2v) is 9.10. The number of alkyl halides is 3. The molecule has 3 heterocycles. The minimum absolute atomic E-state index is 0.00161. The zero-order chi connectivity index (χ0) is 28.6. The van der Waals surface area contributed by atoms with Crippen molar-refractivity contribution >= 4 is 23.5 Å². The summed E-state index contributed by atoms with van der Waals surface area (Å²) in [6, 6.07) is 13.8. The van der Waals surface area contributed by atoms with Crippen molar-refractivity contribution in [2.75, 3.05) is 16.8 Å². The minimum atomic E-state index is -4.64. The molecule has 1 aliphatic heterocycles. The lowest BCUT2D eigenvalue weighted by Gasteiger charge is -2.19. The Morgan fingerprint density at radius 1 is 1.15 bits per heavy atom. The van der Waals surface area contributed by atoms with Crippen LogP contribution in [-0.4, -0.2) is 38.1 Å². The first-order chi connectivity index (χ1) is 19.1. The molecule has 0 spiro atoms. The molecule has 2 amide bonds. The standard InChI is InChI=1S/C27H21F3N8O2/c1-37-14-34-36-25(37)17-6-5-15(12-31)9-19(17)16-10-23(33-8-7-22(32)39)35-24(11-16)38-13-20-18(26(38)40)3-2-4-21(20)27(28,29)30/h2-6,9-11,14H,7-8,13H2,1H3,(H2,32,39)(H,33,35). The van der Waals surface area contributed by atoms with Crippen LogP contribution in [0.25, 0.3) is 22.5 Å². The van der Waals surface area contributed by atoms with Gasteiger partial charge in [0.2, 0.25) is 5.91 Å². The number of hydrogen-bond donors (Lipinski definition) is 2. The monoisotopic (exact) mass is 546 g/mol. The van der Waals surface area contributed by atoms with Crippen molar-refractivity contribution in [3.63, 3.8) is 0 Å². The van der Waals surface area contributed by atoms with E-state index < -0.39 is 23.6 Å². The van der Waals surface area contributed by atoms with Crippen molar-refractivity contribution in [1.29, 1.82) is 5.26 Å². The molecule has 0 fully saturated rings. The van der Waals surface area contributed by atoms with E-state index in [0.717, 1.165) is 6.07 Å². The number of benzene rings is 2. The molecule has 40 heavy (non-hydrogen) atoms. The number of aryl methyl sites for hydroxylation is 1. The van der Waals surface area contributed by atoms with Gasteiger partial charge in [0.1, 0.15) is 18.0 Å². The molecule has 5 rings (SSSR count). The summed E-state index contributed by atoms with van der Waals surface area (Å²) in [6.45, 7) is -0.207. The van der Waals surface area contributed by atoms with Gasteiger partial charge in [-0.2, -0.15) is 18.4 Å². The van der Waals surface area contributed by atoms with Crippen molar-refractivity contribution in [3.8, 4) is 28.6 Å². The zero-order valence-electron chi connectivity index (χ0n) is 21.0. The number of nitriles is 1. The van der Waals surface area contributed by atoms with Gasteiger partial charge in [-0.05, 0) is 59.2 Å². The van der Waals surface area contributed by atoms with Crippen LogP contribution in [0.2, 0.25) is 0 Å². The van der Waals surface area contributed by atoms with Crippen molar-refractivity contribution in [1.82, 2.24) is 19.7 Å². The van der Waals surface area contributed by atoms with Crippen molar-refractivity contribution in [2.45, 2.75) is 19.1 Å². The summed E-state index contributed by atoms with van der Waals surface area (Å²) in [5, 5.41) is 20.6. The Balaban J connectivity index is 1.65. The Kier molecular flexibility index (Phi) is 6.68. The van der Waals surface area contributed by atoms with Crippen LogP contribution in [0.5, 0.6) is 0 Å². The lowest BCUT2D eigenvalue weighted by Crippen LogP contribution is -2.25. The van der Waals surface area contributed by atoms with Gasteiger partial charge in [-0.15, -0.1) is 10.2 Å². The highest BCUT2D eigenvalue weighted by atomic mass is 19.4. The van der Waals surface area contributed by atoms with Crippen molar-refractivity contribution < 1.29 is 22.8 Å². The van der Waals surface area contributed by atoms with Gasteiger partial charge in [0.15, 0.2) is 5.82 Å². The molecular weight excluding hydrogens is 525 g/mol. The van der Waals surface area contributed by atoms with Gasteiger partial charge in [-0.25, -0.2) is 4.98 Å². The van der Waals surface area contributed by atoms with E-state index in [4.69, 9.17) is 5.73 Å². The average molecular weight is 547 g/mol. The molecule has 1 aliphatic rings. The van der Waals surface area contributed by atoms with Crippen LogP contribution in [0.4, 0.5) is 24.8 Å². The van der Waals surface area contributed by atoms with E-state index in [2.05, 4.69) is 26.6 Å².